The Labute approximate surface area is 159 Å². The normalized spacial score (nSPS) is 11.9. The van der Waals surface area contributed by atoms with E-state index in [4.69, 9.17) is 9.47 Å². The van der Waals surface area contributed by atoms with Gasteiger partial charge in [0.25, 0.3) is 5.91 Å². The van der Waals surface area contributed by atoms with Crippen molar-refractivity contribution in [1.29, 1.82) is 0 Å². The highest BCUT2D eigenvalue weighted by Gasteiger charge is 2.20. The Hall–Kier alpha value is -2.60. The van der Waals surface area contributed by atoms with E-state index in [0.717, 1.165) is 5.56 Å². The molecule has 5 nitrogen and oxygen atoms in total. The summed E-state index contributed by atoms with van der Waals surface area (Å²) >= 11 is 0. The second kappa shape index (κ2) is 10.5. The number of nitrogens with two attached hydrogens (primary N) is 1. The van der Waals surface area contributed by atoms with Gasteiger partial charge in [-0.25, -0.2) is 4.39 Å². The minimum atomic E-state index is -0.256. The molecule has 0 spiro atoms. The van der Waals surface area contributed by atoms with Gasteiger partial charge >= 0.3 is 0 Å². The van der Waals surface area contributed by atoms with Crippen LogP contribution in [0.1, 0.15) is 25.5 Å². The lowest BCUT2D eigenvalue weighted by Crippen LogP contribution is -2.88. The Morgan fingerprint density at radius 3 is 2.41 bits per heavy atom. The van der Waals surface area contributed by atoms with E-state index in [-0.39, 0.29) is 17.8 Å². The molecule has 3 N–H and O–H groups in total. The molecule has 0 bridgehead atoms. The lowest BCUT2D eigenvalue weighted by Gasteiger charge is -2.19. The van der Waals surface area contributed by atoms with E-state index < -0.39 is 0 Å². The van der Waals surface area contributed by atoms with Crippen molar-refractivity contribution in [3.05, 3.63) is 59.9 Å². The molecule has 1 amide bonds. The van der Waals surface area contributed by atoms with Crippen LogP contribution in [0.15, 0.2) is 48.5 Å². The molecule has 0 unspecified atom stereocenters. The predicted molar refractivity (Wildman–Crippen MR) is 102 cm³/mol. The fraction of sp³-hybridized carbons (Fsp3) is 0.381. The van der Waals surface area contributed by atoms with Gasteiger partial charge in [-0.05, 0) is 24.3 Å². The SMILES string of the molecule is COc1ccccc1OCCNC(=O)C[NH2+][C@@H](c1ccc(F)cc1)C(C)C. The summed E-state index contributed by atoms with van der Waals surface area (Å²) in [6.07, 6.45) is 0. The summed E-state index contributed by atoms with van der Waals surface area (Å²) in [4.78, 5) is 12.1. The Morgan fingerprint density at radius 2 is 1.78 bits per heavy atom. The summed E-state index contributed by atoms with van der Waals surface area (Å²) in [6.45, 7) is 5.24. The van der Waals surface area contributed by atoms with Gasteiger partial charge in [-0.2, -0.15) is 0 Å². The number of benzene rings is 2. The second-order valence-corrected chi connectivity index (χ2v) is 6.61. The number of carbonyl (C=O) groups is 1. The first-order valence-electron chi connectivity index (χ1n) is 9.12. The monoisotopic (exact) mass is 375 g/mol. The molecule has 6 heteroatoms. The van der Waals surface area contributed by atoms with Gasteiger partial charge in [0.1, 0.15) is 18.5 Å². The number of nitrogens with one attached hydrogen (secondary N) is 1. The van der Waals surface area contributed by atoms with Crippen LogP contribution in [0.25, 0.3) is 0 Å². The standard InChI is InChI=1S/C21H27FN2O3/c1-15(2)21(16-8-10-17(22)11-9-16)24-14-20(25)23-12-13-27-19-7-5-4-6-18(19)26-3/h4-11,15,21,24H,12-14H2,1-3H3,(H,23,25)/p+1/t21-/m1/s1. The number of methoxy groups -OCH3 is 1. The average Bonchev–Trinajstić information content (AvgIpc) is 2.66. The molecule has 146 valence electrons. The van der Waals surface area contributed by atoms with Gasteiger partial charge in [0.05, 0.1) is 13.7 Å². The fourth-order valence-corrected chi connectivity index (χ4v) is 2.87. The van der Waals surface area contributed by atoms with Crippen LogP contribution in [0.5, 0.6) is 11.5 Å². The Kier molecular flexibility index (Phi) is 8.07. The number of amides is 1. The first-order chi connectivity index (χ1) is 13.0. The number of halogens is 1. The summed E-state index contributed by atoms with van der Waals surface area (Å²) in [7, 11) is 1.59. The van der Waals surface area contributed by atoms with Crippen LogP contribution in [-0.4, -0.2) is 32.7 Å². The molecule has 0 aromatic heterocycles. The lowest BCUT2D eigenvalue weighted by molar-refractivity contribution is -0.692. The van der Waals surface area contributed by atoms with Gasteiger partial charge in [0, 0.05) is 11.5 Å². The van der Waals surface area contributed by atoms with Crippen molar-refractivity contribution < 1.29 is 24.0 Å². The van der Waals surface area contributed by atoms with E-state index in [9.17, 15) is 9.18 Å². The summed E-state index contributed by atoms with van der Waals surface area (Å²) in [6, 6.07) is 13.9. The van der Waals surface area contributed by atoms with Crippen molar-refractivity contribution in [2.24, 2.45) is 5.92 Å². The largest absolute Gasteiger partial charge is 0.493 e. The fourth-order valence-electron chi connectivity index (χ4n) is 2.87. The minimum Gasteiger partial charge on any atom is -0.493 e. The molecule has 27 heavy (non-hydrogen) atoms. The molecule has 0 radical (unpaired) electrons. The maximum absolute atomic E-state index is 13.1. The third-order valence-electron chi connectivity index (χ3n) is 4.28. The smallest absolute Gasteiger partial charge is 0.275 e. The molecule has 2 rings (SSSR count). The van der Waals surface area contributed by atoms with E-state index in [0.29, 0.717) is 37.1 Å². The first-order valence-corrected chi connectivity index (χ1v) is 9.12. The zero-order chi connectivity index (χ0) is 19.6. The maximum atomic E-state index is 13.1. The molecule has 0 saturated heterocycles. The number of para-hydroxylation sites is 2. The minimum absolute atomic E-state index is 0.0635. The van der Waals surface area contributed by atoms with Crippen molar-refractivity contribution in [3.63, 3.8) is 0 Å². The van der Waals surface area contributed by atoms with Crippen molar-refractivity contribution in [2.75, 3.05) is 26.8 Å². The summed E-state index contributed by atoms with van der Waals surface area (Å²) in [5.41, 5.74) is 1.01. The quantitative estimate of drug-likeness (QED) is 0.627. The zero-order valence-electron chi connectivity index (χ0n) is 16.1. The molecule has 0 aliphatic heterocycles. The Balaban J connectivity index is 1.75. The Morgan fingerprint density at radius 1 is 1.11 bits per heavy atom. The molecule has 0 aliphatic rings. The third kappa shape index (κ3) is 6.57. The van der Waals surface area contributed by atoms with Crippen LogP contribution in [0.4, 0.5) is 4.39 Å². The molecular formula is C21H28FN2O3+. The molecule has 2 aromatic carbocycles. The van der Waals surface area contributed by atoms with Gasteiger partial charge in [-0.15, -0.1) is 0 Å². The van der Waals surface area contributed by atoms with Gasteiger partial charge in [0.15, 0.2) is 18.0 Å². The number of hydrogen-bond acceptors (Lipinski definition) is 3. The van der Waals surface area contributed by atoms with Crippen molar-refractivity contribution >= 4 is 5.91 Å². The molecule has 2 aromatic rings. The number of carbonyl (C=O) groups excluding carboxylic acids is 1. The van der Waals surface area contributed by atoms with Gasteiger partial charge in [0.2, 0.25) is 0 Å². The van der Waals surface area contributed by atoms with Crippen molar-refractivity contribution in [2.45, 2.75) is 19.9 Å². The highest BCUT2D eigenvalue weighted by Crippen LogP contribution is 2.25. The maximum Gasteiger partial charge on any atom is 0.275 e. The zero-order valence-corrected chi connectivity index (χ0v) is 16.1. The second-order valence-electron chi connectivity index (χ2n) is 6.61. The average molecular weight is 375 g/mol. The molecule has 0 fully saturated rings. The van der Waals surface area contributed by atoms with Gasteiger partial charge < -0.3 is 20.1 Å². The highest BCUT2D eigenvalue weighted by atomic mass is 19.1. The summed E-state index contributed by atoms with van der Waals surface area (Å²) in [5.74, 6) is 1.31. The third-order valence-corrected chi connectivity index (χ3v) is 4.28. The molecule has 0 saturated carbocycles. The number of hydrogen-bond donors (Lipinski definition) is 2. The van der Waals surface area contributed by atoms with E-state index in [1.54, 1.807) is 19.2 Å². The first kappa shape index (κ1) is 20.7. The van der Waals surface area contributed by atoms with E-state index >= 15 is 0 Å². The Bertz CT molecular complexity index is 720. The molecule has 1 atom stereocenters. The highest BCUT2D eigenvalue weighted by molar-refractivity contribution is 5.76. The van der Waals surface area contributed by atoms with Crippen molar-refractivity contribution in [1.82, 2.24) is 5.32 Å². The molecular weight excluding hydrogens is 347 g/mol. The van der Waals surface area contributed by atoms with E-state index in [2.05, 4.69) is 19.2 Å². The van der Waals surface area contributed by atoms with Crippen LogP contribution in [-0.2, 0) is 4.79 Å². The van der Waals surface area contributed by atoms with Crippen LogP contribution in [0.2, 0.25) is 0 Å². The van der Waals surface area contributed by atoms with Gasteiger partial charge in [-0.1, -0.05) is 38.1 Å². The predicted octanol–water partition coefficient (Wildman–Crippen LogP) is 2.29. The number of rotatable bonds is 10. The van der Waals surface area contributed by atoms with Crippen LogP contribution >= 0.6 is 0 Å². The lowest BCUT2D eigenvalue weighted by atomic mass is 9.96. The van der Waals surface area contributed by atoms with Crippen molar-refractivity contribution in [3.8, 4) is 11.5 Å². The molecule has 0 heterocycles. The number of ether oxygens (including phenoxy) is 2. The van der Waals surface area contributed by atoms with Crippen LogP contribution in [0.3, 0.4) is 0 Å². The van der Waals surface area contributed by atoms with Crippen LogP contribution in [0, 0.1) is 11.7 Å². The van der Waals surface area contributed by atoms with E-state index in [1.807, 2.05) is 29.6 Å². The van der Waals surface area contributed by atoms with Gasteiger partial charge in [-0.3, -0.25) is 4.79 Å². The summed E-state index contributed by atoms with van der Waals surface area (Å²) in [5, 5.41) is 4.83. The topological polar surface area (TPSA) is 64.2 Å². The van der Waals surface area contributed by atoms with E-state index in [1.165, 1.54) is 12.1 Å². The number of quaternary nitrogens is 1. The van der Waals surface area contributed by atoms with Crippen LogP contribution < -0.4 is 20.1 Å². The summed E-state index contributed by atoms with van der Waals surface area (Å²) < 4.78 is 24.0. The molecule has 0 aliphatic carbocycles.